The van der Waals surface area contributed by atoms with Gasteiger partial charge in [-0.3, -0.25) is 0 Å². The molecule has 0 aliphatic rings. The molecule has 0 aromatic rings. The van der Waals surface area contributed by atoms with E-state index in [9.17, 15) is 0 Å². The summed E-state index contributed by atoms with van der Waals surface area (Å²) < 4.78 is 0. The summed E-state index contributed by atoms with van der Waals surface area (Å²) in [4.78, 5) is 9.99. The fourth-order valence-electron chi connectivity index (χ4n) is 0.637. The molecule has 0 aliphatic heterocycles. The second-order valence-corrected chi connectivity index (χ2v) is 3.75. The van der Waals surface area contributed by atoms with E-state index in [-0.39, 0.29) is 0 Å². The van der Waals surface area contributed by atoms with Crippen LogP contribution in [0.1, 0.15) is 13.3 Å². The number of nitrogens with zero attached hydrogens (tertiary/aromatic N) is 3. The van der Waals surface area contributed by atoms with E-state index in [1.54, 1.807) is 0 Å². The van der Waals surface area contributed by atoms with Crippen LogP contribution >= 0.6 is 23.2 Å². The van der Waals surface area contributed by atoms with Gasteiger partial charge in [0.25, 0.3) is 0 Å². The van der Waals surface area contributed by atoms with Gasteiger partial charge in [-0.25, -0.2) is 9.98 Å². The first-order valence-electron chi connectivity index (χ1n) is 5.03. The molecule has 5 heteroatoms. The van der Waals surface area contributed by atoms with Crippen molar-refractivity contribution in [1.29, 1.82) is 0 Å². The number of aliphatic imine (C=N–C) groups is 2. The molecule has 0 rings (SSSR count). The maximum atomic E-state index is 5.05. The van der Waals surface area contributed by atoms with Gasteiger partial charge in [0.05, 0.1) is 12.6 Å². The molecule has 0 saturated carbocycles. The topological polar surface area (TPSA) is 28.0 Å². The normalized spacial score (nSPS) is 8.93. The fraction of sp³-hybridized carbons (Fsp3) is 0.900. The molecule has 3 nitrogen and oxygen atoms in total. The SMILES string of the molecule is CCN=C=NCCCN(C)C.ClCCCl. The summed E-state index contributed by atoms with van der Waals surface area (Å²) in [6, 6.07) is 2.64. The van der Waals surface area contributed by atoms with Crippen molar-refractivity contribution >= 4 is 29.2 Å². The first-order chi connectivity index (χ1) is 7.18. The molecule has 90 valence electrons. The third kappa shape index (κ3) is 24.9. The lowest BCUT2D eigenvalue weighted by Gasteiger charge is -2.05. The van der Waals surface area contributed by atoms with Crippen molar-refractivity contribution in [3.05, 3.63) is 0 Å². The van der Waals surface area contributed by atoms with Crippen molar-refractivity contribution in [2.24, 2.45) is 9.98 Å². The van der Waals surface area contributed by atoms with Crippen LogP contribution < -0.4 is 0 Å². The monoisotopic (exact) mass is 253 g/mol. The highest BCUT2D eigenvalue weighted by Crippen LogP contribution is 1.82. The lowest BCUT2D eigenvalue weighted by atomic mass is 10.4. The summed E-state index contributed by atoms with van der Waals surface area (Å²) >= 11 is 10.1. The minimum absolute atomic E-state index is 0.557. The summed E-state index contributed by atoms with van der Waals surface area (Å²) in [5.41, 5.74) is 0. The van der Waals surface area contributed by atoms with Gasteiger partial charge in [0.15, 0.2) is 0 Å². The first kappa shape index (κ1) is 17.3. The van der Waals surface area contributed by atoms with Crippen molar-refractivity contribution in [2.45, 2.75) is 13.3 Å². The molecular formula is C10H21Cl2N3. The largest absolute Gasteiger partial charge is 0.309 e. The Bertz CT molecular complexity index is 164. The minimum Gasteiger partial charge on any atom is -0.309 e. The number of rotatable bonds is 6. The van der Waals surface area contributed by atoms with Crippen molar-refractivity contribution in [1.82, 2.24) is 4.90 Å². The Morgan fingerprint density at radius 2 is 1.73 bits per heavy atom. The van der Waals surface area contributed by atoms with Gasteiger partial charge in [0.1, 0.15) is 0 Å². The van der Waals surface area contributed by atoms with Gasteiger partial charge in [0, 0.05) is 18.3 Å². The number of alkyl halides is 2. The highest BCUT2D eigenvalue weighted by molar-refractivity contribution is 6.25. The quantitative estimate of drug-likeness (QED) is 0.407. The molecule has 0 saturated heterocycles. The Labute approximate surface area is 103 Å². The second kappa shape index (κ2) is 16.4. The van der Waals surface area contributed by atoms with Gasteiger partial charge < -0.3 is 4.90 Å². The molecule has 0 heterocycles. The molecular weight excluding hydrogens is 233 g/mol. The molecule has 0 fully saturated rings. The summed E-state index contributed by atoms with van der Waals surface area (Å²) in [6.45, 7) is 4.67. The van der Waals surface area contributed by atoms with E-state index in [0.29, 0.717) is 11.8 Å². The second-order valence-electron chi connectivity index (χ2n) is 2.99. The van der Waals surface area contributed by atoms with Gasteiger partial charge in [-0.2, -0.15) is 0 Å². The van der Waals surface area contributed by atoms with Gasteiger partial charge in [-0.05, 0) is 34.0 Å². The Balaban J connectivity index is 0. The van der Waals surface area contributed by atoms with Gasteiger partial charge in [0.2, 0.25) is 0 Å². The molecule has 0 spiro atoms. The van der Waals surface area contributed by atoms with Crippen LogP contribution in [0.4, 0.5) is 0 Å². The highest BCUT2D eigenvalue weighted by Gasteiger charge is 1.86. The molecule has 15 heavy (non-hydrogen) atoms. The van der Waals surface area contributed by atoms with Crippen molar-refractivity contribution in [3.8, 4) is 0 Å². The molecule has 0 N–H and O–H groups in total. The van der Waals surface area contributed by atoms with E-state index in [1.165, 1.54) is 0 Å². The predicted molar refractivity (Wildman–Crippen MR) is 69.9 cm³/mol. The predicted octanol–water partition coefficient (Wildman–Crippen LogP) is 2.60. The zero-order valence-electron chi connectivity index (χ0n) is 9.84. The van der Waals surface area contributed by atoms with E-state index < -0.39 is 0 Å². The van der Waals surface area contributed by atoms with E-state index in [1.807, 2.05) is 6.92 Å². The van der Waals surface area contributed by atoms with E-state index in [2.05, 4.69) is 35.0 Å². The molecule has 0 unspecified atom stereocenters. The van der Waals surface area contributed by atoms with Crippen LogP contribution in [0.5, 0.6) is 0 Å². The van der Waals surface area contributed by atoms with Crippen LogP contribution in [0.2, 0.25) is 0 Å². The summed E-state index contributed by atoms with van der Waals surface area (Å²) in [6.07, 6.45) is 1.08. The molecule has 0 aromatic carbocycles. The Kier molecular flexibility index (Phi) is 18.9. The zero-order valence-corrected chi connectivity index (χ0v) is 11.4. The minimum atomic E-state index is 0.557. The third-order valence-electron chi connectivity index (χ3n) is 1.25. The summed E-state index contributed by atoms with van der Waals surface area (Å²) in [5, 5.41) is 0. The Morgan fingerprint density at radius 3 is 2.13 bits per heavy atom. The van der Waals surface area contributed by atoms with Crippen LogP contribution in [0, 0.1) is 0 Å². The van der Waals surface area contributed by atoms with Crippen LogP contribution in [-0.4, -0.2) is 56.4 Å². The Morgan fingerprint density at radius 1 is 1.13 bits per heavy atom. The van der Waals surface area contributed by atoms with E-state index >= 15 is 0 Å². The van der Waals surface area contributed by atoms with Gasteiger partial charge >= 0.3 is 0 Å². The van der Waals surface area contributed by atoms with Crippen molar-refractivity contribution in [2.75, 3.05) is 45.5 Å². The Hall–Kier alpha value is -0.0800. The van der Waals surface area contributed by atoms with Crippen molar-refractivity contribution in [3.63, 3.8) is 0 Å². The number of hydrogen-bond acceptors (Lipinski definition) is 3. The lowest BCUT2D eigenvalue weighted by molar-refractivity contribution is 0.403. The number of halogens is 2. The molecule has 0 radical (unpaired) electrons. The number of hydrogen-bond donors (Lipinski definition) is 0. The molecule has 0 bridgehead atoms. The summed E-state index contributed by atoms with van der Waals surface area (Å²) in [5.74, 6) is 1.11. The smallest absolute Gasteiger partial charge is 0.0892 e. The van der Waals surface area contributed by atoms with E-state index in [0.717, 1.165) is 26.1 Å². The maximum absolute atomic E-state index is 5.05. The summed E-state index contributed by atoms with van der Waals surface area (Å²) in [7, 11) is 4.12. The third-order valence-corrected chi connectivity index (χ3v) is 1.82. The van der Waals surface area contributed by atoms with Crippen LogP contribution in [-0.2, 0) is 0 Å². The molecule has 0 aromatic heterocycles. The molecule has 0 atom stereocenters. The average molecular weight is 254 g/mol. The van der Waals surface area contributed by atoms with Crippen molar-refractivity contribution < 1.29 is 0 Å². The van der Waals surface area contributed by atoms with Gasteiger partial charge in [-0.15, -0.1) is 23.2 Å². The highest BCUT2D eigenvalue weighted by atomic mass is 35.5. The van der Waals surface area contributed by atoms with E-state index in [4.69, 9.17) is 23.2 Å². The molecule has 0 aliphatic carbocycles. The van der Waals surface area contributed by atoms with Crippen LogP contribution in [0.3, 0.4) is 0 Å². The zero-order chi connectivity index (χ0) is 11.9. The fourth-order valence-corrected chi connectivity index (χ4v) is 0.637. The maximum Gasteiger partial charge on any atom is 0.0892 e. The van der Waals surface area contributed by atoms with Gasteiger partial charge in [-0.1, -0.05) is 0 Å². The average Bonchev–Trinajstić information content (AvgIpc) is 2.23. The standard InChI is InChI=1S/C8H17N3.C2H4Cl2/c1-4-9-8-10-6-5-7-11(2)3;3-1-2-4/h4-7H2,1-3H3;1-2H2. The lowest BCUT2D eigenvalue weighted by Crippen LogP contribution is -2.13. The molecule has 0 amide bonds. The van der Waals surface area contributed by atoms with Crippen LogP contribution in [0.25, 0.3) is 0 Å². The first-order valence-corrected chi connectivity index (χ1v) is 6.10. The van der Waals surface area contributed by atoms with Crippen LogP contribution in [0.15, 0.2) is 9.98 Å².